The first kappa shape index (κ1) is 77.1. The molecule has 0 N–H and O–H groups in total. The van der Waals surface area contributed by atoms with E-state index in [4.69, 9.17) is 53.1 Å². The van der Waals surface area contributed by atoms with E-state index in [2.05, 4.69) is 328 Å². The van der Waals surface area contributed by atoms with Gasteiger partial charge in [-0.15, -0.1) is 34.0 Å². The third-order valence-electron chi connectivity index (χ3n) is 28.6. The minimum Gasteiger partial charge on any atom is -0.456 e. The molecule has 0 saturated carbocycles. The van der Waals surface area contributed by atoms with Gasteiger partial charge in [-0.1, -0.05) is 273 Å². The molecule has 15 aromatic carbocycles. The van der Waals surface area contributed by atoms with Gasteiger partial charge in [0.05, 0.1) is 27.3 Å². The molecule has 0 spiro atoms. The topological polar surface area (TPSA) is 143 Å². The largest absolute Gasteiger partial charge is 0.456 e. The number of nitrogens with zero attached hydrogens (tertiary/aromatic N) is 8. The lowest BCUT2D eigenvalue weighted by Gasteiger charge is -2.31. The lowest BCUT2D eigenvalue weighted by molar-refractivity contribution is 0.413. The van der Waals surface area contributed by atoms with E-state index in [-0.39, 0.29) is 16.2 Å². The second-order valence-corrected chi connectivity index (χ2v) is 39.1. The SMILES string of the molecule is CC(C)C1(C)c2ccccc2-c2ccc3c(oc4ccc(-c5nc(-c6ncc7ccccc7n6)c6c(n5)sc5ccccc56)cc43)c21.CC1(C)c2ccccc2-c2c(-c3nc(-c4ccccc4)c4ccccc4n3)cc3oc4ccccc4c3c21.CCC1(CC)c2ccccc2-c2ccc3c(oc4ccc(-c5nc(-c6cc7ccccc7s6)c6c(n5)sc5ccccc56)cc43)c21. The number of thiophene rings is 3. The number of benzene rings is 15. The van der Waals surface area contributed by atoms with Crippen LogP contribution in [-0.4, -0.2) is 39.9 Å². The summed E-state index contributed by atoms with van der Waals surface area (Å²) in [5, 5.41) is 14.5. The van der Waals surface area contributed by atoms with E-state index in [1.165, 1.54) is 97.2 Å². The van der Waals surface area contributed by atoms with Gasteiger partial charge in [0, 0.05) is 135 Å². The van der Waals surface area contributed by atoms with Crippen LogP contribution in [-0.2, 0) is 16.2 Å². The Morgan fingerprint density at radius 1 is 0.313 bits per heavy atom. The van der Waals surface area contributed by atoms with E-state index >= 15 is 0 Å². The van der Waals surface area contributed by atoms with Crippen molar-refractivity contribution >= 4 is 172 Å². The smallest absolute Gasteiger partial charge is 0.179 e. The number of aromatic nitrogens is 8. The van der Waals surface area contributed by atoms with Crippen molar-refractivity contribution in [3.63, 3.8) is 0 Å². The maximum atomic E-state index is 6.78. The van der Waals surface area contributed by atoms with Gasteiger partial charge in [0.1, 0.15) is 48.9 Å². The van der Waals surface area contributed by atoms with Gasteiger partial charge in [-0.05, 0) is 177 Å². The molecule has 25 aromatic rings. The van der Waals surface area contributed by atoms with Gasteiger partial charge < -0.3 is 13.3 Å². The average molecular weight is 1740 g/mol. The summed E-state index contributed by atoms with van der Waals surface area (Å²) in [6, 6.07) is 113. The maximum absolute atomic E-state index is 6.78. The van der Waals surface area contributed by atoms with Crippen molar-refractivity contribution in [1.82, 2.24) is 39.9 Å². The van der Waals surface area contributed by atoms with E-state index in [1.807, 2.05) is 48.7 Å². The second-order valence-electron chi connectivity index (χ2n) is 35.9. The van der Waals surface area contributed by atoms with Crippen molar-refractivity contribution in [3.05, 3.63) is 361 Å². The summed E-state index contributed by atoms with van der Waals surface area (Å²) < 4.78 is 23.7. The van der Waals surface area contributed by atoms with Gasteiger partial charge in [-0.25, -0.2) is 39.9 Å². The molecule has 3 aliphatic carbocycles. The Balaban J connectivity index is 0.000000104. The normalized spacial score (nSPS) is 14.5. The van der Waals surface area contributed by atoms with Gasteiger partial charge in [0.2, 0.25) is 0 Å². The Morgan fingerprint density at radius 2 is 0.832 bits per heavy atom. The molecule has 28 rings (SSSR count). The van der Waals surface area contributed by atoms with Crippen LogP contribution in [0.3, 0.4) is 0 Å². The summed E-state index contributed by atoms with van der Waals surface area (Å²) >= 11 is 5.21. The number of rotatable bonds is 9. The van der Waals surface area contributed by atoms with Crippen LogP contribution in [0.2, 0.25) is 0 Å². The van der Waals surface area contributed by atoms with Crippen LogP contribution in [0.4, 0.5) is 0 Å². The second kappa shape index (κ2) is 29.2. The van der Waals surface area contributed by atoms with Crippen molar-refractivity contribution in [3.8, 4) is 101 Å². The highest BCUT2D eigenvalue weighted by molar-refractivity contribution is 7.26. The van der Waals surface area contributed by atoms with Crippen LogP contribution in [0.5, 0.6) is 0 Å². The highest BCUT2D eigenvalue weighted by atomic mass is 32.1. The Hall–Kier alpha value is -15.1. The summed E-state index contributed by atoms with van der Waals surface area (Å²) in [6.07, 6.45) is 3.93. The molecule has 624 valence electrons. The van der Waals surface area contributed by atoms with Crippen molar-refractivity contribution in [1.29, 1.82) is 0 Å². The molecule has 10 aromatic heterocycles. The first-order valence-corrected chi connectivity index (χ1v) is 47.4. The molecule has 131 heavy (non-hydrogen) atoms. The number of fused-ring (bicyclic) bond motifs is 30. The summed E-state index contributed by atoms with van der Waals surface area (Å²) in [5.74, 6) is 3.09. The molecule has 1 atom stereocenters. The van der Waals surface area contributed by atoms with Crippen molar-refractivity contribution in [2.45, 2.75) is 77.6 Å². The molecule has 0 radical (unpaired) electrons. The van der Waals surface area contributed by atoms with Crippen LogP contribution in [0.15, 0.2) is 341 Å². The fourth-order valence-corrected chi connectivity index (χ4v) is 25.2. The van der Waals surface area contributed by atoms with E-state index < -0.39 is 0 Å². The summed E-state index contributed by atoms with van der Waals surface area (Å²) in [4.78, 5) is 44.2. The van der Waals surface area contributed by atoms with E-state index in [9.17, 15) is 0 Å². The number of furan rings is 3. The fraction of sp³-hybridized carbons (Fsp3) is 0.111. The number of para-hydroxylation sites is 3. The van der Waals surface area contributed by atoms with Gasteiger partial charge in [0.25, 0.3) is 0 Å². The molecule has 14 heteroatoms. The highest BCUT2D eigenvalue weighted by Gasteiger charge is 2.46. The Bertz CT molecular complexity index is 9130. The zero-order valence-electron chi connectivity index (χ0n) is 72.7. The van der Waals surface area contributed by atoms with Crippen LogP contribution < -0.4 is 0 Å². The molecule has 3 aliphatic rings. The van der Waals surface area contributed by atoms with Crippen LogP contribution >= 0.6 is 34.0 Å². The van der Waals surface area contributed by atoms with Gasteiger partial charge in [-0.2, -0.15) is 0 Å². The number of hydrogen-bond donors (Lipinski definition) is 0. The van der Waals surface area contributed by atoms with Crippen molar-refractivity contribution in [2.24, 2.45) is 5.92 Å². The predicted octanol–water partition coefficient (Wildman–Crippen LogP) is 32.5. The van der Waals surface area contributed by atoms with Crippen LogP contribution in [0, 0.1) is 5.92 Å². The first-order valence-electron chi connectivity index (χ1n) is 45.0. The molecule has 0 aliphatic heterocycles. The Morgan fingerprint density at radius 3 is 1.50 bits per heavy atom. The van der Waals surface area contributed by atoms with Crippen LogP contribution in [0.1, 0.15) is 94.7 Å². The summed E-state index contributed by atoms with van der Waals surface area (Å²) in [6.45, 7) is 16.2. The fourth-order valence-electron chi connectivity index (χ4n) is 21.9. The predicted molar refractivity (Wildman–Crippen MR) is 543 cm³/mol. The zero-order valence-corrected chi connectivity index (χ0v) is 75.1. The third kappa shape index (κ3) is 11.5. The average Bonchev–Trinajstić information content (AvgIpc) is 1.51. The third-order valence-corrected chi connectivity index (χ3v) is 31.8. The quantitative estimate of drug-likeness (QED) is 0.136. The Kier molecular flexibility index (Phi) is 17.2. The first-order chi connectivity index (χ1) is 64.3. The lowest BCUT2D eigenvalue weighted by Crippen LogP contribution is -2.27. The minimum atomic E-state index is -0.202. The van der Waals surface area contributed by atoms with Gasteiger partial charge >= 0.3 is 0 Å². The monoisotopic (exact) mass is 1740 g/mol. The molecular formula is C117H80N8O3S3. The standard InChI is InChI=1S/C41H28N4OS.C41H28N2OS2.C35H24N2O/c1-22(2)41(3)30-13-7-5-11-25(30)26-17-18-27-29-20-23(16-19-32(29)46-37(27)35(26)41)38-44-36(39-42-21-24-10-4-8-14-31(24)43-39)34-28-12-6-9-15-33(28)47-40(34)45-38;1-3-41(4-2)30-14-8-6-12-25(30)26-18-19-27-29-21-24(17-20-31(29)44-38(27)36(26)41)39-42-37(34-22-23-11-5-9-15-32(23)45-34)35-28-13-7-10-16-33(28)46-40(35)43-39;1-35(2)26-17-9-6-14-22(26)30-25(20-29-31(32(30)35)24-16-8-11-19-28(24)38-29)34-36-27-18-10-7-15-23(27)33(37-34)21-12-4-3-5-13-21/h4-22H,1-3H3;5-22H,3-4H2,1-2H3;3-20H,1-2H3. The van der Waals surface area contributed by atoms with E-state index in [0.717, 1.165) is 171 Å². The van der Waals surface area contributed by atoms with Crippen molar-refractivity contribution in [2.75, 3.05) is 0 Å². The molecular weight excluding hydrogens is 1660 g/mol. The Labute approximate surface area is 765 Å². The number of hydrogen-bond acceptors (Lipinski definition) is 14. The lowest BCUT2D eigenvalue weighted by atomic mass is 9.71. The van der Waals surface area contributed by atoms with Crippen molar-refractivity contribution < 1.29 is 13.3 Å². The molecule has 11 nitrogen and oxygen atoms in total. The maximum Gasteiger partial charge on any atom is 0.179 e. The molecule has 0 bridgehead atoms. The highest BCUT2D eigenvalue weighted by Crippen LogP contribution is 2.60. The minimum absolute atomic E-state index is 0.0589. The molecule has 0 amide bonds. The van der Waals surface area contributed by atoms with Gasteiger partial charge in [-0.3, -0.25) is 0 Å². The summed E-state index contributed by atoms with van der Waals surface area (Å²) in [7, 11) is 0. The van der Waals surface area contributed by atoms with E-state index in [1.54, 1.807) is 34.0 Å². The summed E-state index contributed by atoms with van der Waals surface area (Å²) in [5.41, 5.74) is 29.3. The molecule has 0 saturated heterocycles. The zero-order chi connectivity index (χ0) is 87.4. The molecule has 10 heterocycles. The van der Waals surface area contributed by atoms with Crippen LogP contribution in [0.25, 0.3) is 239 Å². The van der Waals surface area contributed by atoms with Gasteiger partial charge in [0.15, 0.2) is 23.3 Å². The molecule has 1 unspecified atom stereocenters. The molecule has 0 fully saturated rings. The van der Waals surface area contributed by atoms with E-state index in [0.29, 0.717) is 23.4 Å².